The molecule has 3 aromatic rings. The molecule has 1 N–H and O–H groups in total. The first kappa shape index (κ1) is 20.7. The van der Waals surface area contributed by atoms with Gasteiger partial charge in [-0.2, -0.15) is 5.10 Å². The maximum atomic E-state index is 13.5. The zero-order chi connectivity index (χ0) is 22.4. The topological polar surface area (TPSA) is 106 Å². The third-order valence-corrected chi connectivity index (χ3v) is 6.33. The molecule has 0 radical (unpaired) electrons. The molecule has 168 valence electrons. The van der Waals surface area contributed by atoms with Crippen molar-refractivity contribution in [3.05, 3.63) is 35.3 Å². The number of hydrogen-bond acceptors (Lipinski definition) is 6. The van der Waals surface area contributed by atoms with Crippen LogP contribution in [0.2, 0.25) is 0 Å². The third kappa shape index (κ3) is 3.87. The summed E-state index contributed by atoms with van der Waals surface area (Å²) in [6.07, 6.45) is 5.22. The molecule has 2 aliphatic rings. The molecule has 0 atom stereocenters. The summed E-state index contributed by atoms with van der Waals surface area (Å²) in [6, 6.07) is 3.82. The molecule has 3 aromatic heterocycles. The lowest BCUT2D eigenvalue weighted by molar-refractivity contribution is -0.121. The van der Waals surface area contributed by atoms with Gasteiger partial charge in [-0.15, -0.1) is 0 Å². The van der Waals surface area contributed by atoms with E-state index >= 15 is 0 Å². The Morgan fingerprint density at radius 2 is 1.91 bits per heavy atom. The Morgan fingerprint density at radius 1 is 1.16 bits per heavy atom. The molecule has 32 heavy (non-hydrogen) atoms. The van der Waals surface area contributed by atoms with Crippen molar-refractivity contribution in [3.63, 3.8) is 0 Å². The zero-order valence-electron chi connectivity index (χ0n) is 18.7. The summed E-state index contributed by atoms with van der Waals surface area (Å²) in [5, 5.41) is 11.9. The number of amides is 2. The van der Waals surface area contributed by atoms with Gasteiger partial charge in [-0.1, -0.05) is 5.16 Å². The van der Waals surface area contributed by atoms with E-state index in [0.717, 1.165) is 29.6 Å². The number of anilines is 1. The molecule has 4 heterocycles. The third-order valence-electron chi connectivity index (χ3n) is 6.33. The van der Waals surface area contributed by atoms with Crippen molar-refractivity contribution in [2.24, 2.45) is 5.92 Å². The number of nitrogens with zero attached hydrogens (tertiary/aromatic N) is 5. The largest absolute Gasteiger partial charge is 0.360 e. The Morgan fingerprint density at radius 3 is 2.53 bits per heavy atom. The summed E-state index contributed by atoms with van der Waals surface area (Å²) in [4.78, 5) is 32.8. The lowest BCUT2D eigenvalue weighted by atomic mass is 9.95. The number of rotatable bonds is 5. The highest BCUT2D eigenvalue weighted by Gasteiger charge is 2.32. The van der Waals surface area contributed by atoms with E-state index in [1.54, 1.807) is 19.2 Å². The molecule has 9 nitrogen and oxygen atoms in total. The fourth-order valence-electron chi connectivity index (χ4n) is 4.35. The molecular formula is C23H28N6O3. The van der Waals surface area contributed by atoms with Crippen molar-refractivity contribution in [2.45, 2.75) is 58.4 Å². The van der Waals surface area contributed by atoms with Gasteiger partial charge in [0, 0.05) is 42.7 Å². The predicted octanol–water partition coefficient (Wildman–Crippen LogP) is 3.68. The van der Waals surface area contributed by atoms with Crippen molar-refractivity contribution < 1.29 is 14.1 Å². The number of likely N-dealkylation sites (tertiary alicyclic amines) is 1. The number of carbonyl (C=O) groups is 2. The lowest BCUT2D eigenvalue weighted by Crippen LogP contribution is -2.41. The summed E-state index contributed by atoms with van der Waals surface area (Å²) in [6.45, 7) is 6.98. The number of hydrogen-bond donors (Lipinski definition) is 1. The Balaban J connectivity index is 1.32. The number of pyridine rings is 1. The second-order valence-electron chi connectivity index (χ2n) is 9.17. The quantitative estimate of drug-likeness (QED) is 0.654. The van der Waals surface area contributed by atoms with Crippen LogP contribution in [-0.4, -0.2) is 49.7 Å². The second kappa shape index (κ2) is 8.03. The van der Waals surface area contributed by atoms with Crippen LogP contribution in [-0.2, 0) is 4.79 Å². The Kier molecular flexibility index (Phi) is 5.19. The normalized spacial score (nSPS) is 17.3. The number of aromatic nitrogens is 4. The average molecular weight is 437 g/mol. The number of fused-ring (bicyclic) bond motifs is 1. The Hall–Kier alpha value is -3.23. The maximum absolute atomic E-state index is 13.5. The summed E-state index contributed by atoms with van der Waals surface area (Å²) in [5.74, 6) is 1.28. The number of piperidine rings is 1. The first-order chi connectivity index (χ1) is 15.4. The predicted molar refractivity (Wildman–Crippen MR) is 118 cm³/mol. The van der Waals surface area contributed by atoms with Crippen LogP contribution in [0.3, 0.4) is 0 Å². The van der Waals surface area contributed by atoms with E-state index in [2.05, 4.69) is 29.4 Å². The second-order valence-corrected chi connectivity index (χ2v) is 9.17. The van der Waals surface area contributed by atoms with Gasteiger partial charge in [0.1, 0.15) is 5.76 Å². The fraction of sp³-hybridized carbons (Fsp3) is 0.522. The van der Waals surface area contributed by atoms with E-state index in [4.69, 9.17) is 9.51 Å². The van der Waals surface area contributed by atoms with Crippen molar-refractivity contribution in [3.8, 4) is 0 Å². The molecule has 0 spiro atoms. The molecular weight excluding hydrogens is 408 g/mol. The Bertz CT molecular complexity index is 1170. The summed E-state index contributed by atoms with van der Waals surface area (Å²) >= 11 is 0. The van der Waals surface area contributed by atoms with Gasteiger partial charge in [-0.05, 0) is 52.5 Å². The van der Waals surface area contributed by atoms with Gasteiger partial charge >= 0.3 is 0 Å². The standard InChI is InChI=1S/C23H28N6O3/c1-13(2)29-21-18(12-24-29)17(11-19(25-21)15-4-5-15)23(31)28-8-6-16(7-9-28)22(30)26-20-10-14(3)32-27-20/h10-13,15-16H,4-9H2,1-3H3,(H,26,27,30). The van der Waals surface area contributed by atoms with E-state index in [1.165, 1.54) is 0 Å². The van der Waals surface area contributed by atoms with Crippen LogP contribution in [0.4, 0.5) is 5.82 Å². The van der Waals surface area contributed by atoms with Crippen LogP contribution in [0.1, 0.15) is 73.3 Å². The van der Waals surface area contributed by atoms with E-state index < -0.39 is 0 Å². The van der Waals surface area contributed by atoms with E-state index in [9.17, 15) is 9.59 Å². The molecule has 0 unspecified atom stereocenters. The minimum absolute atomic E-state index is 0.00593. The molecule has 0 aromatic carbocycles. The molecule has 9 heteroatoms. The summed E-state index contributed by atoms with van der Waals surface area (Å²) in [7, 11) is 0. The van der Waals surface area contributed by atoms with E-state index in [-0.39, 0.29) is 23.8 Å². The van der Waals surface area contributed by atoms with Gasteiger partial charge in [-0.3, -0.25) is 9.59 Å². The van der Waals surface area contributed by atoms with Crippen molar-refractivity contribution in [2.75, 3.05) is 18.4 Å². The van der Waals surface area contributed by atoms with Gasteiger partial charge in [-0.25, -0.2) is 9.67 Å². The molecule has 1 saturated carbocycles. The monoisotopic (exact) mass is 436 g/mol. The molecule has 1 aliphatic carbocycles. The van der Waals surface area contributed by atoms with Crippen molar-refractivity contribution in [1.82, 2.24) is 24.8 Å². The van der Waals surface area contributed by atoms with Crippen molar-refractivity contribution in [1.29, 1.82) is 0 Å². The minimum Gasteiger partial charge on any atom is -0.360 e. The first-order valence-electron chi connectivity index (χ1n) is 11.3. The molecule has 2 amide bonds. The summed E-state index contributed by atoms with van der Waals surface area (Å²) < 4.78 is 6.89. The van der Waals surface area contributed by atoms with Gasteiger partial charge in [0.05, 0.1) is 17.1 Å². The highest BCUT2D eigenvalue weighted by atomic mass is 16.5. The molecule has 1 aliphatic heterocycles. The highest BCUT2D eigenvalue weighted by Crippen LogP contribution is 2.40. The molecule has 2 fully saturated rings. The van der Waals surface area contributed by atoms with Crippen LogP contribution in [0.15, 0.2) is 22.9 Å². The molecule has 1 saturated heterocycles. The maximum Gasteiger partial charge on any atom is 0.254 e. The zero-order valence-corrected chi connectivity index (χ0v) is 18.7. The van der Waals surface area contributed by atoms with Crippen molar-refractivity contribution >= 4 is 28.7 Å². The average Bonchev–Trinajstić information content (AvgIpc) is 3.42. The number of nitrogens with one attached hydrogen (secondary N) is 1. The van der Waals surface area contributed by atoms with Crippen LogP contribution < -0.4 is 5.32 Å². The van der Waals surface area contributed by atoms with Crippen LogP contribution >= 0.6 is 0 Å². The van der Waals surface area contributed by atoms with Gasteiger partial charge in [0.25, 0.3) is 5.91 Å². The van der Waals surface area contributed by atoms with Gasteiger partial charge in [0.15, 0.2) is 11.5 Å². The minimum atomic E-state index is -0.153. The molecule has 5 rings (SSSR count). The van der Waals surface area contributed by atoms with E-state index in [1.807, 2.05) is 15.6 Å². The van der Waals surface area contributed by atoms with E-state index in [0.29, 0.717) is 49.0 Å². The van der Waals surface area contributed by atoms with Gasteiger partial charge in [0.2, 0.25) is 5.91 Å². The van der Waals surface area contributed by atoms with Crippen LogP contribution in [0.5, 0.6) is 0 Å². The smallest absolute Gasteiger partial charge is 0.254 e. The van der Waals surface area contributed by atoms with Crippen LogP contribution in [0.25, 0.3) is 11.0 Å². The Labute approximate surface area is 186 Å². The first-order valence-corrected chi connectivity index (χ1v) is 11.3. The number of carbonyl (C=O) groups excluding carboxylic acids is 2. The highest BCUT2D eigenvalue weighted by molar-refractivity contribution is 6.05. The number of aryl methyl sites for hydroxylation is 1. The summed E-state index contributed by atoms with van der Waals surface area (Å²) in [5.41, 5.74) is 2.44. The fourth-order valence-corrected chi connectivity index (χ4v) is 4.35. The van der Waals surface area contributed by atoms with Gasteiger partial charge < -0.3 is 14.7 Å². The molecule has 0 bridgehead atoms. The lowest BCUT2D eigenvalue weighted by Gasteiger charge is -2.31. The SMILES string of the molecule is Cc1cc(NC(=O)C2CCN(C(=O)c3cc(C4CC4)nc4c3cnn4C(C)C)CC2)no1. The van der Waals surface area contributed by atoms with Crippen LogP contribution in [0, 0.1) is 12.8 Å².